The van der Waals surface area contributed by atoms with Crippen molar-refractivity contribution in [2.45, 2.75) is 77.0 Å². The monoisotopic (exact) mass is 227 g/mol. The molecule has 0 saturated carbocycles. The molecule has 0 aliphatic carbocycles. The predicted molar refractivity (Wildman–Crippen MR) is 70.5 cm³/mol. The molecule has 96 valence electrons. The van der Waals surface area contributed by atoms with E-state index in [1.807, 2.05) is 0 Å². The second kappa shape index (κ2) is 14.6. The van der Waals surface area contributed by atoms with Crippen LogP contribution in [0.5, 0.6) is 0 Å². The number of aldehydes is 1. The second-order valence-corrected chi connectivity index (χ2v) is 4.63. The van der Waals surface area contributed by atoms with Gasteiger partial charge in [-0.2, -0.15) is 0 Å². The van der Waals surface area contributed by atoms with Crippen LogP contribution in [-0.4, -0.2) is 12.8 Å². The van der Waals surface area contributed by atoms with Gasteiger partial charge in [-0.05, 0) is 19.4 Å². The number of carbonyl (C=O) groups excluding carboxylic acids is 1. The highest BCUT2D eigenvalue weighted by Crippen LogP contribution is 2.11. The van der Waals surface area contributed by atoms with Crippen LogP contribution in [0, 0.1) is 0 Å². The quantitative estimate of drug-likeness (QED) is 0.384. The Morgan fingerprint density at radius 2 is 1.00 bits per heavy atom. The Morgan fingerprint density at radius 3 is 1.38 bits per heavy atom. The highest BCUT2D eigenvalue weighted by atomic mass is 16.1. The predicted octanol–water partition coefficient (Wildman–Crippen LogP) is 3.83. The van der Waals surface area contributed by atoms with E-state index in [9.17, 15) is 4.79 Å². The average Bonchev–Trinajstić information content (AvgIpc) is 2.31. The Balaban J connectivity index is 2.85. The van der Waals surface area contributed by atoms with E-state index in [0.29, 0.717) is 0 Å². The van der Waals surface area contributed by atoms with Crippen LogP contribution in [0.1, 0.15) is 77.0 Å². The van der Waals surface area contributed by atoms with Gasteiger partial charge in [-0.25, -0.2) is 0 Å². The summed E-state index contributed by atoms with van der Waals surface area (Å²) >= 11 is 0. The molecule has 0 unspecified atom stereocenters. The zero-order valence-corrected chi connectivity index (χ0v) is 10.8. The van der Waals surface area contributed by atoms with Gasteiger partial charge in [-0.1, -0.05) is 57.8 Å². The van der Waals surface area contributed by atoms with Gasteiger partial charge in [0.05, 0.1) is 0 Å². The van der Waals surface area contributed by atoms with Gasteiger partial charge in [-0.15, -0.1) is 0 Å². The van der Waals surface area contributed by atoms with Gasteiger partial charge in [0.1, 0.15) is 6.29 Å². The first kappa shape index (κ1) is 15.6. The van der Waals surface area contributed by atoms with E-state index in [2.05, 4.69) is 0 Å². The molecule has 16 heavy (non-hydrogen) atoms. The fraction of sp³-hybridized carbons (Fsp3) is 0.929. The smallest absolute Gasteiger partial charge is 0.119 e. The molecule has 0 saturated heterocycles. The van der Waals surface area contributed by atoms with Crippen LogP contribution >= 0.6 is 0 Å². The molecular formula is C14H29NO. The van der Waals surface area contributed by atoms with Gasteiger partial charge in [0.15, 0.2) is 0 Å². The molecule has 0 aromatic heterocycles. The van der Waals surface area contributed by atoms with Crippen LogP contribution in [0.15, 0.2) is 0 Å². The van der Waals surface area contributed by atoms with Gasteiger partial charge < -0.3 is 10.5 Å². The van der Waals surface area contributed by atoms with Crippen molar-refractivity contribution in [3.63, 3.8) is 0 Å². The van der Waals surface area contributed by atoms with Crippen LogP contribution in [0.2, 0.25) is 0 Å². The number of hydrogen-bond donors (Lipinski definition) is 1. The van der Waals surface area contributed by atoms with E-state index in [1.54, 1.807) is 0 Å². The Bertz CT molecular complexity index is 137. The van der Waals surface area contributed by atoms with Gasteiger partial charge in [-0.3, -0.25) is 0 Å². The van der Waals surface area contributed by atoms with Crippen molar-refractivity contribution in [3.8, 4) is 0 Å². The maximum Gasteiger partial charge on any atom is 0.119 e. The molecule has 2 N–H and O–H groups in total. The summed E-state index contributed by atoms with van der Waals surface area (Å²) in [7, 11) is 0. The first-order valence-electron chi connectivity index (χ1n) is 7.05. The molecular weight excluding hydrogens is 198 g/mol. The van der Waals surface area contributed by atoms with Crippen molar-refractivity contribution in [1.29, 1.82) is 0 Å². The molecule has 0 aromatic rings. The van der Waals surface area contributed by atoms with Crippen molar-refractivity contribution in [3.05, 3.63) is 0 Å². The Kier molecular flexibility index (Phi) is 14.3. The third kappa shape index (κ3) is 13.6. The number of unbranched alkanes of at least 4 members (excludes halogenated alkanes) is 11. The van der Waals surface area contributed by atoms with E-state index in [-0.39, 0.29) is 0 Å². The van der Waals surface area contributed by atoms with Crippen molar-refractivity contribution in [1.82, 2.24) is 0 Å². The van der Waals surface area contributed by atoms with Gasteiger partial charge >= 0.3 is 0 Å². The van der Waals surface area contributed by atoms with Crippen LogP contribution in [0.4, 0.5) is 0 Å². The van der Waals surface area contributed by atoms with E-state index in [1.165, 1.54) is 64.2 Å². The summed E-state index contributed by atoms with van der Waals surface area (Å²) in [6.07, 6.45) is 16.1. The maximum absolute atomic E-state index is 10.1. The summed E-state index contributed by atoms with van der Waals surface area (Å²) in [6.45, 7) is 0.848. The number of nitrogens with two attached hydrogens (primary N) is 1. The van der Waals surface area contributed by atoms with Gasteiger partial charge in [0.25, 0.3) is 0 Å². The fourth-order valence-electron chi connectivity index (χ4n) is 1.96. The summed E-state index contributed by atoms with van der Waals surface area (Å²) in [5, 5.41) is 0. The first-order chi connectivity index (χ1) is 7.91. The average molecular weight is 227 g/mol. The standard InChI is InChI=1S/C14H29NO/c15-13-11-9-7-5-3-1-2-4-6-8-10-12-14-16/h14H,1-13,15H2. The second-order valence-electron chi connectivity index (χ2n) is 4.63. The van der Waals surface area contributed by atoms with E-state index < -0.39 is 0 Å². The van der Waals surface area contributed by atoms with Gasteiger partial charge in [0.2, 0.25) is 0 Å². The topological polar surface area (TPSA) is 43.1 Å². The van der Waals surface area contributed by atoms with E-state index in [4.69, 9.17) is 5.73 Å². The summed E-state index contributed by atoms with van der Waals surface area (Å²) < 4.78 is 0. The zero-order chi connectivity index (χ0) is 11.9. The zero-order valence-electron chi connectivity index (χ0n) is 10.8. The molecule has 2 heteroatoms. The molecule has 0 atom stereocenters. The normalized spacial score (nSPS) is 10.6. The Morgan fingerprint density at radius 1 is 0.625 bits per heavy atom. The summed E-state index contributed by atoms with van der Waals surface area (Å²) in [4.78, 5) is 10.1. The highest BCUT2D eigenvalue weighted by molar-refractivity contribution is 5.48. The lowest BCUT2D eigenvalue weighted by atomic mass is 10.1. The SMILES string of the molecule is NCCCCCCCCCCCCCC=O. The molecule has 0 aliphatic rings. The third-order valence-corrected chi connectivity index (χ3v) is 3.03. The van der Waals surface area contributed by atoms with Crippen LogP contribution < -0.4 is 5.73 Å². The fourth-order valence-corrected chi connectivity index (χ4v) is 1.96. The van der Waals surface area contributed by atoms with Crippen molar-refractivity contribution in [2.75, 3.05) is 6.54 Å². The number of carbonyl (C=O) groups is 1. The molecule has 0 fully saturated rings. The molecule has 2 nitrogen and oxygen atoms in total. The Hall–Kier alpha value is -0.370. The molecule has 0 amide bonds. The highest BCUT2D eigenvalue weighted by Gasteiger charge is 1.92. The van der Waals surface area contributed by atoms with Crippen LogP contribution in [0.25, 0.3) is 0 Å². The van der Waals surface area contributed by atoms with Crippen molar-refractivity contribution >= 4 is 6.29 Å². The summed E-state index contributed by atoms with van der Waals surface area (Å²) in [5.74, 6) is 0. The molecule has 0 bridgehead atoms. The summed E-state index contributed by atoms with van der Waals surface area (Å²) in [5.41, 5.74) is 5.44. The molecule has 0 spiro atoms. The van der Waals surface area contributed by atoms with Crippen molar-refractivity contribution in [2.24, 2.45) is 5.73 Å². The maximum atomic E-state index is 10.1. The molecule has 0 rings (SSSR count). The van der Waals surface area contributed by atoms with Crippen LogP contribution in [-0.2, 0) is 4.79 Å². The number of rotatable bonds is 13. The lowest BCUT2D eigenvalue weighted by molar-refractivity contribution is -0.107. The van der Waals surface area contributed by atoms with E-state index in [0.717, 1.165) is 25.7 Å². The largest absolute Gasteiger partial charge is 0.330 e. The minimum atomic E-state index is 0.751. The third-order valence-electron chi connectivity index (χ3n) is 3.03. The molecule has 0 heterocycles. The van der Waals surface area contributed by atoms with Gasteiger partial charge in [0, 0.05) is 6.42 Å². The molecule has 0 radical (unpaired) electrons. The minimum Gasteiger partial charge on any atom is -0.330 e. The molecule has 0 aliphatic heterocycles. The lowest BCUT2D eigenvalue weighted by Gasteiger charge is -2.01. The minimum absolute atomic E-state index is 0.751. The summed E-state index contributed by atoms with van der Waals surface area (Å²) in [6, 6.07) is 0. The van der Waals surface area contributed by atoms with E-state index >= 15 is 0 Å². The van der Waals surface area contributed by atoms with Crippen molar-refractivity contribution < 1.29 is 4.79 Å². The number of hydrogen-bond acceptors (Lipinski definition) is 2. The Labute approximate surface area is 101 Å². The first-order valence-corrected chi connectivity index (χ1v) is 7.05. The molecule has 0 aromatic carbocycles. The lowest BCUT2D eigenvalue weighted by Crippen LogP contribution is -1.97. The van der Waals surface area contributed by atoms with Crippen LogP contribution in [0.3, 0.4) is 0 Å².